The molecule has 6 nitrogen and oxygen atoms in total. The van der Waals surface area contributed by atoms with Crippen LogP contribution in [0, 0.1) is 0 Å². The highest BCUT2D eigenvalue weighted by Gasteiger charge is 2.16. The third kappa shape index (κ3) is 3.97. The van der Waals surface area contributed by atoms with Crippen molar-refractivity contribution in [3.8, 4) is 11.5 Å². The Morgan fingerprint density at radius 2 is 1.63 bits per heavy atom. The second-order valence-corrected chi connectivity index (χ2v) is 7.73. The van der Waals surface area contributed by atoms with E-state index in [9.17, 15) is 4.79 Å². The van der Waals surface area contributed by atoms with Gasteiger partial charge in [0.2, 0.25) is 0 Å². The SMILES string of the molecule is COc1ccc(C(=O)NN=C(C)c2ccc3c(c2)Nc2ccccc2S3)cc1OC. The maximum absolute atomic E-state index is 12.5. The van der Waals surface area contributed by atoms with E-state index in [0.717, 1.165) is 21.8 Å². The lowest BCUT2D eigenvalue weighted by Gasteiger charge is -2.21. The molecule has 0 bridgehead atoms. The van der Waals surface area contributed by atoms with Gasteiger partial charge in [0.05, 0.1) is 31.3 Å². The number of ether oxygens (including phenoxy) is 2. The second kappa shape index (κ2) is 8.51. The van der Waals surface area contributed by atoms with Gasteiger partial charge in [0.1, 0.15) is 0 Å². The lowest BCUT2D eigenvalue weighted by Crippen LogP contribution is -2.19. The van der Waals surface area contributed by atoms with Crippen LogP contribution in [0.5, 0.6) is 11.5 Å². The number of fused-ring (bicyclic) bond motifs is 2. The summed E-state index contributed by atoms with van der Waals surface area (Å²) in [5, 5.41) is 7.73. The van der Waals surface area contributed by atoms with E-state index in [1.165, 1.54) is 12.0 Å². The molecule has 0 saturated heterocycles. The molecule has 3 aromatic rings. The number of hydrogen-bond acceptors (Lipinski definition) is 6. The Morgan fingerprint density at radius 3 is 2.43 bits per heavy atom. The summed E-state index contributed by atoms with van der Waals surface area (Å²) < 4.78 is 10.5. The van der Waals surface area contributed by atoms with Crippen molar-refractivity contribution in [3.05, 3.63) is 71.8 Å². The number of benzene rings is 3. The van der Waals surface area contributed by atoms with E-state index in [1.54, 1.807) is 37.1 Å². The van der Waals surface area contributed by atoms with Crippen LogP contribution < -0.4 is 20.2 Å². The standard InChI is InChI=1S/C23H21N3O3S/c1-14(25-26-23(27)16-8-10-19(28-2)20(13-16)29-3)15-9-11-22-18(12-15)24-17-6-4-5-7-21(17)30-22/h4-13,24H,1-3H3,(H,26,27). The van der Waals surface area contributed by atoms with Gasteiger partial charge in [-0.3, -0.25) is 4.79 Å². The maximum atomic E-state index is 12.5. The number of methoxy groups -OCH3 is 2. The summed E-state index contributed by atoms with van der Waals surface area (Å²) in [5.41, 5.74) is 6.79. The summed E-state index contributed by atoms with van der Waals surface area (Å²) in [5.74, 6) is 0.731. The van der Waals surface area contributed by atoms with E-state index in [4.69, 9.17) is 9.47 Å². The van der Waals surface area contributed by atoms with Crippen LogP contribution in [0.3, 0.4) is 0 Å². The summed E-state index contributed by atoms with van der Waals surface area (Å²) >= 11 is 1.73. The van der Waals surface area contributed by atoms with Crippen LogP contribution in [0.1, 0.15) is 22.8 Å². The third-order valence-corrected chi connectivity index (χ3v) is 5.90. The number of rotatable bonds is 5. The summed E-state index contributed by atoms with van der Waals surface area (Å²) in [6.45, 7) is 1.86. The Bertz CT molecular complexity index is 1140. The number of hydrogen-bond donors (Lipinski definition) is 2. The summed E-state index contributed by atoms with van der Waals surface area (Å²) in [6, 6.07) is 19.3. The zero-order valence-corrected chi connectivity index (χ0v) is 17.7. The topological polar surface area (TPSA) is 72.0 Å². The largest absolute Gasteiger partial charge is 0.493 e. The molecule has 3 aromatic carbocycles. The average Bonchev–Trinajstić information content (AvgIpc) is 2.79. The predicted molar refractivity (Wildman–Crippen MR) is 120 cm³/mol. The van der Waals surface area contributed by atoms with Crippen LogP contribution in [0.4, 0.5) is 11.4 Å². The molecule has 0 aliphatic carbocycles. The summed E-state index contributed by atoms with van der Waals surface area (Å²) in [4.78, 5) is 14.8. The van der Waals surface area contributed by atoms with Crippen molar-refractivity contribution in [3.63, 3.8) is 0 Å². The Kier molecular flexibility index (Phi) is 5.63. The highest BCUT2D eigenvalue weighted by atomic mass is 32.2. The molecule has 4 rings (SSSR count). The third-order valence-electron chi connectivity index (χ3n) is 4.74. The van der Waals surface area contributed by atoms with Gasteiger partial charge in [0.25, 0.3) is 5.91 Å². The fourth-order valence-corrected chi connectivity index (χ4v) is 4.07. The number of nitrogens with one attached hydrogen (secondary N) is 2. The van der Waals surface area contributed by atoms with Gasteiger partial charge in [0, 0.05) is 15.4 Å². The fraction of sp³-hybridized carbons (Fsp3) is 0.130. The molecule has 0 unspecified atom stereocenters. The molecule has 0 aromatic heterocycles. The Labute approximate surface area is 179 Å². The molecular formula is C23H21N3O3S. The van der Waals surface area contributed by atoms with Crippen molar-refractivity contribution in [2.75, 3.05) is 19.5 Å². The number of carbonyl (C=O) groups excluding carboxylic acids is 1. The van der Waals surface area contributed by atoms with Crippen LogP contribution in [0.15, 0.2) is 75.6 Å². The quantitative estimate of drug-likeness (QED) is 0.349. The normalized spacial score (nSPS) is 12.3. The fourth-order valence-electron chi connectivity index (χ4n) is 3.11. The van der Waals surface area contributed by atoms with Gasteiger partial charge in [-0.05, 0) is 55.0 Å². The monoisotopic (exact) mass is 419 g/mol. The maximum Gasteiger partial charge on any atom is 0.271 e. The predicted octanol–water partition coefficient (Wildman–Crippen LogP) is 5.07. The summed E-state index contributed by atoms with van der Waals surface area (Å²) in [7, 11) is 3.08. The van der Waals surface area contributed by atoms with Crippen molar-refractivity contribution < 1.29 is 14.3 Å². The van der Waals surface area contributed by atoms with Gasteiger partial charge in [-0.1, -0.05) is 30.0 Å². The molecule has 1 amide bonds. The van der Waals surface area contributed by atoms with Crippen LogP contribution in [0.2, 0.25) is 0 Å². The van der Waals surface area contributed by atoms with Gasteiger partial charge < -0.3 is 14.8 Å². The first kappa shape index (κ1) is 19.8. The molecule has 152 valence electrons. The lowest BCUT2D eigenvalue weighted by molar-refractivity contribution is 0.0954. The lowest BCUT2D eigenvalue weighted by atomic mass is 10.1. The van der Waals surface area contributed by atoms with Crippen LogP contribution in [0.25, 0.3) is 0 Å². The van der Waals surface area contributed by atoms with Gasteiger partial charge in [-0.25, -0.2) is 5.43 Å². The Morgan fingerprint density at radius 1 is 0.900 bits per heavy atom. The molecule has 0 spiro atoms. The second-order valence-electron chi connectivity index (χ2n) is 6.64. The Hall–Kier alpha value is -3.45. The number of hydrazone groups is 1. The number of para-hydroxylation sites is 1. The highest BCUT2D eigenvalue weighted by molar-refractivity contribution is 7.99. The van der Waals surface area contributed by atoms with E-state index in [-0.39, 0.29) is 5.91 Å². The Balaban J connectivity index is 1.50. The molecule has 1 heterocycles. The molecular weight excluding hydrogens is 398 g/mol. The van der Waals surface area contributed by atoms with Crippen LogP contribution in [-0.2, 0) is 0 Å². The van der Waals surface area contributed by atoms with Gasteiger partial charge in [-0.2, -0.15) is 5.10 Å². The molecule has 2 N–H and O–H groups in total. The first-order valence-electron chi connectivity index (χ1n) is 9.34. The number of amides is 1. The van der Waals surface area contributed by atoms with E-state index in [0.29, 0.717) is 22.8 Å². The first-order chi connectivity index (χ1) is 14.6. The number of nitrogens with zero attached hydrogens (tertiary/aromatic N) is 1. The smallest absolute Gasteiger partial charge is 0.271 e. The zero-order valence-electron chi connectivity index (χ0n) is 16.9. The van der Waals surface area contributed by atoms with Gasteiger partial charge in [0.15, 0.2) is 11.5 Å². The minimum Gasteiger partial charge on any atom is -0.493 e. The molecule has 1 aliphatic rings. The van der Waals surface area contributed by atoms with Crippen molar-refractivity contribution in [2.24, 2.45) is 5.10 Å². The summed E-state index contributed by atoms with van der Waals surface area (Å²) in [6.07, 6.45) is 0. The minimum atomic E-state index is -0.323. The molecule has 0 radical (unpaired) electrons. The van der Waals surface area contributed by atoms with Crippen LogP contribution >= 0.6 is 11.8 Å². The van der Waals surface area contributed by atoms with E-state index in [2.05, 4.69) is 34.0 Å². The van der Waals surface area contributed by atoms with Crippen LogP contribution in [-0.4, -0.2) is 25.8 Å². The first-order valence-corrected chi connectivity index (χ1v) is 10.2. The van der Waals surface area contributed by atoms with Crippen molar-refractivity contribution in [1.29, 1.82) is 0 Å². The molecule has 0 saturated carbocycles. The minimum absolute atomic E-state index is 0.323. The molecule has 0 atom stereocenters. The zero-order chi connectivity index (χ0) is 21.1. The molecule has 30 heavy (non-hydrogen) atoms. The van der Waals surface area contributed by atoms with E-state index < -0.39 is 0 Å². The highest BCUT2D eigenvalue weighted by Crippen LogP contribution is 2.44. The number of carbonyl (C=O) groups is 1. The van der Waals surface area contributed by atoms with E-state index in [1.807, 2.05) is 31.2 Å². The van der Waals surface area contributed by atoms with Crippen molar-refractivity contribution in [1.82, 2.24) is 5.43 Å². The van der Waals surface area contributed by atoms with Gasteiger partial charge in [-0.15, -0.1) is 0 Å². The average molecular weight is 420 g/mol. The van der Waals surface area contributed by atoms with E-state index >= 15 is 0 Å². The molecule has 0 fully saturated rings. The number of anilines is 2. The molecule has 7 heteroatoms. The van der Waals surface area contributed by atoms with Gasteiger partial charge >= 0.3 is 0 Å². The van der Waals surface area contributed by atoms with Crippen molar-refractivity contribution >= 4 is 34.8 Å². The van der Waals surface area contributed by atoms with Crippen molar-refractivity contribution in [2.45, 2.75) is 16.7 Å². The molecule has 1 aliphatic heterocycles.